The molecule has 1 saturated heterocycles. The molecule has 0 spiro atoms. The molecule has 35 heavy (non-hydrogen) atoms. The molecule has 12 heteroatoms. The summed E-state index contributed by atoms with van der Waals surface area (Å²) in [6, 6.07) is 12.1. The number of carbonyl (C=O) groups is 2. The molecule has 1 aliphatic heterocycles. The topological polar surface area (TPSA) is 100 Å². The Bertz CT molecular complexity index is 1180. The third kappa shape index (κ3) is 6.10. The Labute approximate surface area is 203 Å². The first-order chi connectivity index (χ1) is 16.7. The molecule has 0 saturated carbocycles. The lowest BCUT2D eigenvalue weighted by atomic mass is 10.0. The van der Waals surface area contributed by atoms with Gasteiger partial charge in [0, 0.05) is 34.9 Å². The molecule has 0 bridgehead atoms. The molecule has 2 aromatic carbocycles. The zero-order chi connectivity index (χ0) is 25.0. The number of hydrogen-bond donors (Lipinski definition) is 2. The van der Waals surface area contributed by atoms with E-state index < -0.39 is 12.1 Å². The summed E-state index contributed by atoms with van der Waals surface area (Å²) in [7, 11) is 0. The van der Waals surface area contributed by atoms with Gasteiger partial charge in [-0.25, -0.2) is 4.79 Å². The molecule has 3 amide bonds. The fraction of sp³-hybridized carbons (Fsp3) is 0.304. The second-order valence-electron chi connectivity index (χ2n) is 7.99. The highest BCUT2D eigenvalue weighted by molar-refractivity contribution is 6.30. The maximum absolute atomic E-state index is 12.9. The summed E-state index contributed by atoms with van der Waals surface area (Å²) in [5.41, 5.74) is 1.24. The van der Waals surface area contributed by atoms with E-state index in [2.05, 4.69) is 25.3 Å². The van der Waals surface area contributed by atoms with Crippen LogP contribution < -0.4 is 10.6 Å². The minimum absolute atomic E-state index is 0.181. The maximum atomic E-state index is 12.9. The second kappa shape index (κ2) is 10.3. The van der Waals surface area contributed by atoms with Gasteiger partial charge in [0.2, 0.25) is 5.82 Å². The summed E-state index contributed by atoms with van der Waals surface area (Å²) < 4.78 is 42.2. The lowest BCUT2D eigenvalue weighted by Crippen LogP contribution is -2.50. The highest BCUT2D eigenvalue weighted by Crippen LogP contribution is 2.29. The van der Waals surface area contributed by atoms with Gasteiger partial charge in [-0.3, -0.25) is 4.79 Å². The molecule has 1 fully saturated rings. The van der Waals surface area contributed by atoms with E-state index in [4.69, 9.17) is 11.6 Å². The van der Waals surface area contributed by atoms with Crippen molar-refractivity contribution in [2.75, 3.05) is 18.4 Å². The first-order valence-corrected chi connectivity index (χ1v) is 11.2. The minimum Gasteiger partial charge on any atom is -0.350 e. The third-order valence-electron chi connectivity index (χ3n) is 5.56. The highest BCUT2D eigenvalue weighted by Gasteiger charge is 2.38. The van der Waals surface area contributed by atoms with Crippen LogP contribution in [-0.2, 0) is 6.18 Å². The number of amides is 3. The van der Waals surface area contributed by atoms with Crippen molar-refractivity contribution in [3.8, 4) is 11.4 Å². The molecule has 0 aliphatic carbocycles. The Hall–Kier alpha value is -3.60. The molecular weight excluding hydrogens is 487 g/mol. The standard InChI is InChI=1S/C23H21ClF3N5O3/c24-16-8-4-15(5-9-16)20(33)28-13-18-3-1-2-12-32(18)22(34)29-17-10-6-14(7-11-17)19-30-21(35-31-19)23(25,26)27/h4-11,18H,1-3,12-13H2,(H,28,33)(H,29,34). The Kier molecular flexibility index (Phi) is 7.25. The van der Waals surface area contributed by atoms with E-state index >= 15 is 0 Å². The molecule has 1 aliphatic rings. The van der Waals surface area contributed by atoms with Gasteiger partial charge in [-0.15, -0.1) is 0 Å². The number of piperidine rings is 1. The molecule has 2 N–H and O–H groups in total. The van der Waals surface area contributed by atoms with Crippen LogP contribution in [0.1, 0.15) is 35.5 Å². The van der Waals surface area contributed by atoms with Crippen molar-refractivity contribution in [1.82, 2.24) is 20.4 Å². The molecule has 4 rings (SSSR count). The average molecular weight is 508 g/mol. The van der Waals surface area contributed by atoms with Crippen molar-refractivity contribution in [2.45, 2.75) is 31.5 Å². The minimum atomic E-state index is -4.72. The number of hydrogen-bond acceptors (Lipinski definition) is 5. The molecule has 3 aromatic rings. The maximum Gasteiger partial charge on any atom is 0.471 e. The molecule has 1 unspecified atom stereocenters. The predicted octanol–water partition coefficient (Wildman–Crippen LogP) is 5.23. The number of aromatic nitrogens is 2. The van der Waals surface area contributed by atoms with Gasteiger partial charge < -0.3 is 20.1 Å². The van der Waals surface area contributed by atoms with Gasteiger partial charge in [-0.2, -0.15) is 18.2 Å². The van der Waals surface area contributed by atoms with Gasteiger partial charge in [0.25, 0.3) is 5.91 Å². The number of alkyl halides is 3. The van der Waals surface area contributed by atoms with Crippen molar-refractivity contribution in [2.24, 2.45) is 0 Å². The van der Waals surface area contributed by atoms with Crippen LogP contribution in [0.5, 0.6) is 0 Å². The number of likely N-dealkylation sites (tertiary alicyclic amines) is 1. The number of urea groups is 1. The SMILES string of the molecule is O=C(NCC1CCCCN1C(=O)Nc1ccc(-c2noc(C(F)(F)F)n2)cc1)c1ccc(Cl)cc1. The first kappa shape index (κ1) is 24.5. The number of rotatable bonds is 5. The average Bonchev–Trinajstić information content (AvgIpc) is 3.35. The van der Waals surface area contributed by atoms with Crippen molar-refractivity contribution in [3.63, 3.8) is 0 Å². The Morgan fingerprint density at radius 1 is 1.09 bits per heavy atom. The van der Waals surface area contributed by atoms with Crippen molar-refractivity contribution in [3.05, 3.63) is 65.0 Å². The van der Waals surface area contributed by atoms with Gasteiger partial charge in [0.15, 0.2) is 0 Å². The number of benzene rings is 2. The highest BCUT2D eigenvalue weighted by atomic mass is 35.5. The fourth-order valence-electron chi connectivity index (χ4n) is 3.75. The Balaban J connectivity index is 1.36. The summed E-state index contributed by atoms with van der Waals surface area (Å²) in [5, 5.41) is 9.54. The van der Waals surface area contributed by atoms with E-state index in [9.17, 15) is 22.8 Å². The molecule has 1 atom stereocenters. The zero-order valence-electron chi connectivity index (χ0n) is 18.3. The number of halogens is 4. The molecule has 8 nitrogen and oxygen atoms in total. The van der Waals surface area contributed by atoms with Crippen LogP contribution in [0.25, 0.3) is 11.4 Å². The first-order valence-electron chi connectivity index (χ1n) is 10.8. The predicted molar refractivity (Wildman–Crippen MR) is 122 cm³/mol. The number of carbonyl (C=O) groups excluding carboxylic acids is 2. The molecule has 184 valence electrons. The van der Waals surface area contributed by atoms with Crippen molar-refractivity contribution >= 4 is 29.2 Å². The number of nitrogens with zero attached hydrogens (tertiary/aromatic N) is 3. The van der Waals surface area contributed by atoms with Gasteiger partial charge in [-0.1, -0.05) is 16.8 Å². The van der Waals surface area contributed by atoms with Gasteiger partial charge in [-0.05, 0) is 67.8 Å². The Morgan fingerprint density at radius 2 is 1.80 bits per heavy atom. The van der Waals surface area contributed by atoms with Crippen molar-refractivity contribution in [1.29, 1.82) is 0 Å². The summed E-state index contributed by atoms with van der Waals surface area (Å²) in [6.45, 7) is 0.835. The van der Waals surface area contributed by atoms with E-state index in [-0.39, 0.29) is 23.8 Å². The monoisotopic (exact) mass is 507 g/mol. The van der Waals surface area contributed by atoms with Crippen LogP contribution in [0.3, 0.4) is 0 Å². The second-order valence-corrected chi connectivity index (χ2v) is 8.42. The van der Waals surface area contributed by atoms with Gasteiger partial charge >= 0.3 is 18.1 Å². The van der Waals surface area contributed by atoms with Crippen LogP contribution in [0.15, 0.2) is 53.1 Å². The number of anilines is 1. The van der Waals surface area contributed by atoms with Crippen LogP contribution in [-0.4, -0.2) is 46.1 Å². The van der Waals surface area contributed by atoms with Crippen LogP contribution in [0.2, 0.25) is 5.02 Å². The van der Waals surface area contributed by atoms with Crippen LogP contribution in [0.4, 0.5) is 23.7 Å². The van der Waals surface area contributed by atoms with Gasteiger partial charge in [0.1, 0.15) is 0 Å². The lowest BCUT2D eigenvalue weighted by Gasteiger charge is -2.35. The molecule has 0 radical (unpaired) electrons. The molecule has 2 heterocycles. The van der Waals surface area contributed by atoms with E-state index in [1.165, 1.54) is 24.3 Å². The van der Waals surface area contributed by atoms with Crippen LogP contribution in [0, 0.1) is 0 Å². The van der Waals surface area contributed by atoms with Crippen LogP contribution >= 0.6 is 11.6 Å². The Morgan fingerprint density at radius 3 is 2.46 bits per heavy atom. The smallest absolute Gasteiger partial charge is 0.350 e. The van der Waals surface area contributed by atoms with E-state index in [1.54, 1.807) is 29.2 Å². The normalized spacial score (nSPS) is 16.1. The fourth-order valence-corrected chi connectivity index (χ4v) is 3.87. The zero-order valence-corrected chi connectivity index (χ0v) is 19.1. The summed E-state index contributed by atoms with van der Waals surface area (Å²) in [4.78, 5) is 30.4. The lowest BCUT2D eigenvalue weighted by molar-refractivity contribution is -0.159. The summed E-state index contributed by atoms with van der Waals surface area (Å²) in [6.07, 6.45) is -2.21. The quantitative estimate of drug-likeness (QED) is 0.493. The van der Waals surface area contributed by atoms with Gasteiger partial charge in [0.05, 0.1) is 6.04 Å². The van der Waals surface area contributed by atoms with E-state index in [0.717, 1.165) is 19.3 Å². The number of nitrogens with one attached hydrogen (secondary N) is 2. The van der Waals surface area contributed by atoms with E-state index in [0.29, 0.717) is 34.9 Å². The van der Waals surface area contributed by atoms with Crippen molar-refractivity contribution < 1.29 is 27.3 Å². The molecular formula is C23H21ClF3N5O3. The largest absolute Gasteiger partial charge is 0.471 e. The third-order valence-corrected chi connectivity index (χ3v) is 5.81. The summed E-state index contributed by atoms with van der Waals surface area (Å²) >= 11 is 5.86. The summed E-state index contributed by atoms with van der Waals surface area (Å²) in [5.74, 6) is -1.88. The van der Waals surface area contributed by atoms with E-state index in [1.807, 2.05) is 0 Å². The molecule has 1 aromatic heterocycles.